The molecule has 0 spiro atoms. The molecule has 1 aromatic carbocycles. The lowest BCUT2D eigenvalue weighted by Gasteiger charge is -2.21. The lowest BCUT2D eigenvalue weighted by molar-refractivity contribution is -0.360. The fourth-order valence-electron chi connectivity index (χ4n) is 1.04. The molecule has 18 heavy (non-hydrogen) atoms. The molecule has 8 heteroatoms. The highest BCUT2D eigenvalue weighted by molar-refractivity contribution is 5.76. The van der Waals surface area contributed by atoms with Gasteiger partial charge in [-0.3, -0.25) is 4.79 Å². The molecule has 0 radical (unpaired) electrons. The number of aldehydes is 1. The van der Waals surface area contributed by atoms with Crippen molar-refractivity contribution in [3.8, 4) is 11.5 Å². The minimum Gasteiger partial charge on any atom is -0.493 e. The SMILES string of the molecule is COc1cc(C=O)ccc1OC(F)(F)C(F)(F)F. The van der Waals surface area contributed by atoms with Gasteiger partial charge >= 0.3 is 12.3 Å². The molecular formula is C10H7F5O3. The summed E-state index contributed by atoms with van der Waals surface area (Å²) in [6.07, 6.45) is -10.8. The van der Waals surface area contributed by atoms with E-state index in [1.54, 1.807) is 0 Å². The second-order valence-corrected chi connectivity index (χ2v) is 3.14. The van der Waals surface area contributed by atoms with Crippen molar-refractivity contribution >= 4 is 6.29 Å². The number of ether oxygens (including phenoxy) is 2. The minimum absolute atomic E-state index is 0.0505. The molecule has 0 atom stereocenters. The molecule has 0 saturated carbocycles. The van der Waals surface area contributed by atoms with Crippen molar-refractivity contribution in [2.24, 2.45) is 0 Å². The van der Waals surface area contributed by atoms with Gasteiger partial charge in [-0.05, 0) is 18.2 Å². The van der Waals surface area contributed by atoms with E-state index in [1.165, 1.54) is 0 Å². The highest BCUT2D eigenvalue weighted by Crippen LogP contribution is 2.40. The Morgan fingerprint density at radius 2 is 1.72 bits per heavy atom. The van der Waals surface area contributed by atoms with Crippen LogP contribution >= 0.6 is 0 Å². The molecule has 0 unspecified atom stereocenters. The number of halogens is 5. The smallest absolute Gasteiger partial charge is 0.493 e. The average molecular weight is 270 g/mol. The number of rotatable bonds is 4. The summed E-state index contributed by atoms with van der Waals surface area (Å²) in [4.78, 5) is 10.4. The molecule has 0 N–H and O–H groups in total. The second kappa shape index (κ2) is 4.79. The van der Waals surface area contributed by atoms with Crippen molar-refractivity contribution in [2.45, 2.75) is 12.3 Å². The van der Waals surface area contributed by atoms with Gasteiger partial charge in [-0.15, -0.1) is 0 Å². The minimum atomic E-state index is -5.85. The third-order valence-corrected chi connectivity index (χ3v) is 1.89. The van der Waals surface area contributed by atoms with Gasteiger partial charge in [-0.2, -0.15) is 22.0 Å². The van der Waals surface area contributed by atoms with Crippen molar-refractivity contribution in [1.29, 1.82) is 0 Å². The predicted molar refractivity (Wildman–Crippen MR) is 50.0 cm³/mol. The Balaban J connectivity index is 3.08. The summed E-state index contributed by atoms with van der Waals surface area (Å²) in [5, 5.41) is 0. The molecule has 0 aliphatic heterocycles. The van der Waals surface area contributed by atoms with E-state index in [0.29, 0.717) is 6.29 Å². The molecule has 0 aliphatic carbocycles. The van der Waals surface area contributed by atoms with Gasteiger partial charge in [0.05, 0.1) is 7.11 Å². The second-order valence-electron chi connectivity index (χ2n) is 3.14. The zero-order valence-corrected chi connectivity index (χ0v) is 8.92. The van der Waals surface area contributed by atoms with Crippen LogP contribution in [0.25, 0.3) is 0 Å². The van der Waals surface area contributed by atoms with Gasteiger partial charge in [0, 0.05) is 5.56 Å². The average Bonchev–Trinajstić information content (AvgIpc) is 2.27. The van der Waals surface area contributed by atoms with E-state index >= 15 is 0 Å². The van der Waals surface area contributed by atoms with Crippen molar-refractivity contribution in [3.63, 3.8) is 0 Å². The Hall–Kier alpha value is -1.86. The number of hydrogen-bond acceptors (Lipinski definition) is 3. The van der Waals surface area contributed by atoms with E-state index in [2.05, 4.69) is 9.47 Å². The predicted octanol–water partition coefficient (Wildman–Crippen LogP) is 3.04. The third kappa shape index (κ3) is 2.88. The fourth-order valence-corrected chi connectivity index (χ4v) is 1.04. The number of benzene rings is 1. The van der Waals surface area contributed by atoms with Crippen LogP contribution in [-0.2, 0) is 0 Å². The van der Waals surface area contributed by atoms with Crippen molar-refractivity contribution in [3.05, 3.63) is 23.8 Å². The zero-order valence-electron chi connectivity index (χ0n) is 8.92. The molecule has 1 rings (SSSR count). The maximum atomic E-state index is 12.6. The summed E-state index contributed by atoms with van der Waals surface area (Å²) in [6, 6.07) is 2.80. The van der Waals surface area contributed by atoms with Crippen molar-refractivity contribution in [2.75, 3.05) is 7.11 Å². The van der Waals surface area contributed by atoms with E-state index < -0.39 is 23.8 Å². The number of methoxy groups -OCH3 is 1. The van der Waals surface area contributed by atoms with Gasteiger partial charge in [0.2, 0.25) is 0 Å². The Morgan fingerprint density at radius 3 is 2.17 bits per heavy atom. The summed E-state index contributed by atoms with van der Waals surface area (Å²) < 4.78 is 69.2. The van der Waals surface area contributed by atoms with Gasteiger partial charge in [-0.1, -0.05) is 0 Å². The number of hydrogen-bond donors (Lipinski definition) is 0. The summed E-state index contributed by atoms with van der Waals surface area (Å²) in [6.45, 7) is 0. The van der Waals surface area contributed by atoms with Gasteiger partial charge in [0.25, 0.3) is 0 Å². The zero-order chi connectivity index (χ0) is 14.0. The molecule has 0 heterocycles. The van der Waals surface area contributed by atoms with Crippen LogP contribution in [0.5, 0.6) is 11.5 Å². The highest BCUT2D eigenvalue weighted by atomic mass is 19.4. The summed E-state index contributed by atoms with van der Waals surface area (Å²) in [5.74, 6) is -1.21. The maximum Gasteiger partial charge on any atom is 0.499 e. The first-order chi connectivity index (χ1) is 8.21. The topological polar surface area (TPSA) is 35.5 Å². The molecule has 0 fully saturated rings. The van der Waals surface area contributed by atoms with E-state index in [0.717, 1.165) is 25.3 Å². The van der Waals surface area contributed by atoms with Crippen LogP contribution in [0.15, 0.2) is 18.2 Å². The Bertz CT molecular complexity index is 442. The summed E-state index contributed by atoms with van der Waals surface area (Å²) >= 11 is 0. The van der Waals surface area contributed by atoms with Crippen LogP contribution in [0.3, 0.4) is 0 Å². The lowest BCUT2D eigenvalue weighted by Crippen LogP contribution is -2.41. The standard InChI is InChI=1S/C10H7F5O3/c1-17-8-4-6(5-16)2-3-7(8)18-10(14,15)9(11,12)13/h2-5H,1H3. The summed E-state index contributed by atoms with van der Waals surface area (Å²) in [5.41, 5.74) is 0.0505. The van der Waals surface area contributed by atoms with Crippen molar-refractivity contribution < 1.29 is 36.2 Å². The van der Waals surface area contributed by atoms with Gasteiger partial charge < -0.3 is 9.47 Å². The van der Waals surface area contributed by atoms with Crippen LogP contribution in [-0.4, -0.2) is 25.7 Å². The molecule has 1 aromatic rings. The van der Waals surface area contributed by atoms with Crippen LogP contribution in [0.4, 0.5) is 22.0 Å². The molecular weight excluding hydrogens is 263 g/mol. The first-order valence-electron chi connectivity index (χ1n) is 4.48. The number of carbonyl (C=O) groups is 1. The molecule has 3 nitrogen and oxygen atoms in total. The Labute approximate surface area is 98.1 Å². The molecule has 0 amide bonds. The van der Waals surface area contributed by atoms with Gasteiger partial charge in [-0.25, -0.2) is 0 Å². The first-order valence-corrected chi connectivity index (χ1v) is 4.48. The molecule has 0 aliphatic rings. The fraction of sp³-hybridized carbons (Fsp3) is 0.300. The van der Waals surface area contributed by atoms with Crippen LogP contribution in [0.1, 0.15) is 10.4 Å². The van der Waals surface area contributed by atoms with Gasteiger partial charge in [0.1, 0.15) is 6.29 Å². The summed E-state index contributed by atoms with van der Waals surface area (Å²) in [7, 11) is 1.04. The van der Waals surface area contributed by atoms with E-state index in [-0.39, 0.29) is 5.56 Å². The molecule has 0 saturated heterocycles. The number of carbonyl (C=O) groups excluding carboxylic acids is 1. The highest BCUT2D eigenvalue weighted by Gasteiger charge is 2.61. The van der Waals surface area contributed by atoms with Crippen LogP contribution in [0, 0.1) is 0 Å². The Morgan fingerprint density at radius 1 is 1.11 bits per heavy atom. The van der Waals surface area contributed by atoms with E-state index in [1.807, 2.05) is 0 Å². The first kappa shape index (κ1) is 14.2. The Kier molecular flexibility index (Phi) is 3.78. The van der Waals surface area contributed by atoms with Crippen LogP contribution < -0.4 is 9.47 Å². The normalized spacial score (nSPS) is 12.1. The monoisotopic (exact) mass is 270 g/mol. The molecule has 100 valence electrons. The van der Waals surface area contributed by atoms with Gasteiger partial charge in [0.15, 0.2) is 11.5 Å². The molecule has 0 aromatic heterocycles. The third-order valence-electron chi connectivity index (χ3n) is 1.89. The van der Waals surface area contributed by atoms with E-state index in [9.17, 15) is 26.7 Å². The van der Waals surface area contributed by atoms with E-state index in [4.69, 9.17) is 0 Å². The largest absolute Gasteiger partial charge is 0.499 e. The molecule has 0 bridgehead atoms. The van der Waals surface area contributed by atoms with Crippen molar-refractivity contribution in [1.82, 2.24) is 0 Å². The number of alkyl halides is 5. The quantitative estimate of drug-likeness (QED) is 0.623. The lowest BCUT2D eigenvalue weighted by atomic mass is 10.2. The maximum absolute atomic E-state index is 12.6. The van der Waals surface area contributed by atoms with Crippen LogP contribution in [0.2, 0.25) is 0 Å².